The molecule has 1 N–H and O–H groups in total. The molecule has 21 heavy (non-hydrogen) atoms. The summed E-state index contributed by atoms with van der Waals surface area (Å²) in [6, 6.07) is 0. The number of nitrogens with zero attached hydrogens (tertiary/aromatic N) is 4. The van der Waals surface area contributed by atoms with Gasteiger partial charge in [-0.25, -0.2) is 0 Å². The highest BCUT2D eigenvalue weighted by Gasteiger charge is 2.24. The third kappa shape index (κ3) is 3.31. The summed E-state index contributed by atoms with van der Waals surface area (Å²) in [6.45, 7) is 0. The van der Waals surface area contributed by atoms with Crippen molar-refractivity contribution < 1.29 is 19.1 Å². The van der Waals surface area contributed by atoms with E-state index in [2.05, 4.69) is 14.9 Å². The highest BCUT2D eigenvalue weighted by atomic mass is 16.5. The number of nitrogens with one attached hydrogen (secondary N) is 1. The molecule has 2 aliphatic rings. The lowest BCUT2D eigenvalue weighted by Gasteiger charge is -2.17. The number of rotatable bonds is 4. The van der Waals surface area contributed by atoms with E-state index >= 15 is 0 Å². The Balaban J connectivity index is 2.16. The van der Waals surface area contributed by atoms with Crippen LogP contribution in [0.25, 0.3) is 11.1 Å². The first-order valence-corrected chi connectivity index (χ1v) is 6.28. The van der Waals surface area contributed by atoms with Crippen molar-refractivity contribution in [2.75, 3.05) is 14.2 Å². The van der Waals surface area contributed by atoms with Gasteiger partial charge in [-0.3, -0.25) is 0 Å². The van der Waals surface area contributed by atoms with Crippen LogP contribution in [-0.4, -0.2) is 47.4 Å². The molecule has 0 heterocycles. The van der Waals surface area contributed by atoms with E-state index in [-0.39, 0.29) is 0 Å². The molecule has 0 spiro atoms. The second-order valence-corrected chi connectivity index (χ2v) is 4.40. The largest absolute Gasteiger partial charge is 0.365 e. The maximum absolute atomic E-state index is 8.85. The van der Waals surface area contributed by atoms with Crippen molar-refractivity contribution in [1.29, 1.82) is 0 Å². The lowest BCUT2D eigenvalue weighted by molar-refractivity contribution is -0.0187. The van der Waals surface area contributed by atoms with Gasteiger partial charge in [-0.1, -0.05) is 0 Å². The molecular formula is C14H15N5O2. The minimum absolute atomic E-state index is 0.413. The fourth-order valence-electron chi connectivity index (χ4n) is 2.04. The van der Waals surface area contributed by atoms with Crippen molar-refractivity contribution in [3.05, 3.63) is 58.9 Å². The van der Waals surface area contributed by atoms with Gasteiger partial charge in [-0.2, -0.15) is 9.58 Å². The molecule has 2 atom stereocenters. The molecule has 0 aliphatic heterocycles. The molecule has 7 heteroatoms. The number of hydrogen-bond acceptors (Lipinski definition) is 3. The summed E-state index contributed by atoms with van der Waals surface area (Å²) in [5.74, 6) is 0. The van der Waals surface area contributed by atoms with Gasteiger partial charge >= 0.3 is 11.4 Å². The van der Waals surface area contributed by atoms with Gasteiger partial charge in [-0.15, -0.1) is 0 Å². The lowest BCUT2D eigenvalue weighted by atomic mass is 10.0. The van der Waals surface area contributed by atoms with Crippen LogP contribution in [0.1, 0.15) is 0 Å². The molecule has 2 aliphatic carbocycles. The molecular weight excluding hydrogens is 270 g/mol. The Labute approximate surface area is 122 Å². The first kappa shape index (κ1) is 14.8. The summed E-state index contributed by atoms with van der Waals surface area (Å²) < 4.78 is 10.4. The molecule has 0 aromatic heterocycles. The van der Waals surface area contributed by atoms with Crippen LogP contribution in [0.5, 0.6) is 0 Å². The highest BCUT2D eigenvalue weighted by molar-refractivity contribution is 5.98. The van der Waals surface area contributed by atoms with E-state index in [0.717, 1.165) is 11.4 Å². The van der Waals surface area contributed by atoms with Crippen molar-refractivity contribution >= 4 is 11.4 Å². The molecule has 0 aromatic carbocycles. The molecule has 0 saturated carbocycles. The number of ether oxygens (including phenoxy) is 2. The van der Waals surface area contributed by atoms with Crippen LogP contribution in [0.3, 0.4) is 0 Å². The Morgan fingerprint density at radius 2 is 1.29 bits per heavy atom. The van der Waals surface area contributed by atoms with E-state index in [1.54, 1.807) is 36.5 Å². The van der Waals surface area contributed by atoms with Crippen LogP contribution in [0.4, 0.5) is 0 Å². The topological polar surface area (TPSA) is 103 Å². The fraction of sp³-hybridized carbons (Fsp3) is 0.286. The molecule has 7 nitrogen and oxygen atoms in total. The summed E-state index contributed by atoms with van der Waals surface area (Å²) in [5.41, 5.74) is 20.2. The van der Waals surface area contributed by atoms with E-state index < -0.39 is 12.2 Å². The average molecular weight is 285 g/mol. The van der Waals surface area contributed by atoms with Gasteiger partial charge in [0.25, 0.3) is 0 Å². The van der Waals surface area contributed by atoms with Crippen LogP contribution < -0.4 is 5.32 Å². The van der Waals surface area contributed by atoms with Crippen molar-refractivity contribution in [1.82, 2.24) is 5.32 Å². The summed E-state index contributed by atoms with van der Waals surface area (Å²) in [7, 11) is 3.07. The minimum atomic E-state index is -0.413. The zero-order chi connectivity index (χ0) is 15.2. The van der Waals surface area contributed by atoms with Gasteiger partial charge in [-0.05, 0) is 24.3 Å². The van der Waals surface area contributed by atoms with Gasteiger partial charge in [0.05, 0.1) is 0 Å². The molecule has 0 amide bonds. The van der Waals surface area contributed by atoms with Crippen LogP contribution in [-0.2, 0) is 9.47 Å². The summed E-state index contributed by atoms with van der Waals surface area (Å²) in [5, 5.41) is 3.19. The van der Waals surface area contributed by atoms with Crippen molar-refractivity contribution in [2.45, 2.75) is 12.2 Å². The number of hydrogen-bond donors (Lipinski definition) is 1. The van der Waals surface area contributed by atoms with Crippen LogP contribution in [0, 0.1) is 0 Å². The number of allylic oxidation sites excluding steroid dienone is 2. The van der Waals surface area contributed by atoms with E-state index in [0.29, 0.717) is 11.4 Å². The second-order valence-electron chi connectivity index (χ2n) is 4.40. The molecule has 0 saturated heterocycles. The molecule has 0 fully saturated rings. The average Bonchev–Trinajstić information content (AvgIpc) is 2.54. The van der Waals surface area contributed by atoms with Crippen molar-refractivity contribution in [3.63, 3.8) is 0 Å². The normalized spacial score (nSPS) is 24.1. The Hall–Kier alpha value is -2.56. The first-order valence-electron chi connectivity index (χ1n) is 6.28. The standard InChI is InChI=1S/C14H15N5O2/c1-20-13-7-9(3-5-11(13)18-15)17-10-4-6-12(19-16)14(8-10)21-2/h3-8,13-14,17H,1-2H3. The Kier molecular flexibility index (Phi) is 4.77. The second kappa shape index (κ2) is 6.74. The van der Waals surface area contributed by atoms with Gasteiger partial charge in [0.2, 0.25) is 0 Å². The molecule has 2 unspecified atom stereocenters. The third-order valence-electron chi connectivity index (χ3n) is 3.14. The SMILES string of the molecule is COC1C=C(NC2=CC(OC)C(=[N+]=[N-])C=C2)C=CC1=[N+]=[N-]. The Morgan fingerprint density at radius 1 is 0.857 bits per heavy atom. The lowest BCUT2D eigenvalue weighted by Crippen LogP contribution is -2.28. The molecule has 0 aromatic rings. The predicted octanol–water partition coefficient (Wildman–Crippen LogP) is 0.855. The zero-order valence-electron chi connectivity index (χ0n) is 11.7. The van der Waals surface area contributed by atoms with Crippen LogP contribution in [0.2, 0.25) is 0 Å². The van der Waals surface area contributed by atoms with E-state index in [1.165, 1.54) is 14.2 Å². The smallest absolute Gasteiger partial charge is 0.324 e. The quantitative estimate of drug-likeness (QED) is 0.611. The molecule has 2 rings (SSSR count). The van der Waals surface area contributed by atoms with Crippen molar-refractivity contribution in [3.8, 4) is 0 Å². The highest BCUT2D eigenvalue weighted by Crippen LogP contribution is 2.13. The first-order chi connectivity index (χ1) is 10.2. The third-order valence-corrected chi connectivity index (χ3v) is 3.14. The molecule has 108 valence electrons. The van der Waals surface area contributed by atoms with E-state index in [1.807, 2.05) is 0 Å². The van der Waals surface area contributed by atoms with Gasteiger partial charge in [0.1, 0.15) is 0 Å². The van der Waals surface area contributed by atoms with Crippen LogP contribution in [0.15, 0.2) is 47.9 Å². The summed E-state index contributed by atoms with van der Waals surface area (Å²) >= 11 is 0. The predicted molar refractivity (Wildman–Crippen MR) is 76.4 cm³/mol. The number of methoxy groups -OCH3 is 2. The van der Waals surface area contributed by atoms with Gasteiger partial charge in [0.15, 0.2) is 12.2 Å². The molecule has 0 bridgehead atoms. The fourth-order valence-corrected chi connectivity index (χ4v) is 2.04. The maximum Gasteiger partial charge on any atom is 0.324 e. The monoisotopic (exact) mass is 285 g/mol. The van der Waals surface area contributed by atoms with Gasteiger partial charge in [0, 0.05) is 37.8 Å². The minimum Gasteiger partial charge on any atom is -0.365 e. The van der Waals surface area contributed by atoms with Crippen molar-refractivity contribution in [2.24, 2.45) is 0 Å². The summed E-state index contributed by atoms with van der Waals surface area (Å²) in [6.07, 6.45) is 9.64. The van der Waals surface area contributed by atoms with Gasteiger partial charge < -0.3 is 25.9 Å². The Bertz CT molecular complexity index is 590. The van der Waals surface area contributed by atoms with E-state index in [9.17, 15) is 0 Å². The maximum atomic E-state index is 8.85. The molecule has 0 radical (unpaired) electrons. The van der Waals surface area contributed by atoms with Crippen LogP contribution >= 0.6 is 0 Å². The van der Waals surface area contributed by atoms with E-state index in [4.69, 9.17) is 20.5 Å². The zero-order valence-corrected chi connectivity index (χ0v) is 11.7. The summed E-state index contributed by atoms with van der Waals surface area (Å²) in [4.78, 5) is 6.34. The Morgan fingerprint density at radius 3 is 1.62 bits per heavy atom.